The van der Waals surface area contributed by atoms with Crippen molar-refractivity contribution in [3.05, 3.63) is 53.6 Å². The second-order valence-electron chi connectivity index (χ2n) is 6.76. The average molecular weight is 400 g/mol. The fraction of sp³-hybridized carbons (Fsp3) is 0.364. The summed E-state index contributed by atoms with van der Waals surface area (Å²) in [7, 11) is 1.50. The predicted octanol–water partition coefficient (Wildman–Crippen LogP) is 3.59. The third-order valence-electron chi connectivity index (χ3n) is 4.10. The smallest absolute Gasteiger partial charge is 0.269 e. The summed E-state index contributed by atoms with van der Waals surface area (Å²) < 4.78 is 16.3. The number of rotatable bonds is 9. The Bertz CT molecular complexity index is 818. The molecule has 0 aliphatic heterocycles. The molecule has 29 heavy (non-hydrogen) atoms. The molecule has 0 aliphatic carbocycles. The van der Waals surface area contributed by atoms with E-state index < -0.39 is 11.8 Å². The Morgan fingerprint density at radius 1 is 0.897 bits per heavy atom. The highest BCUT2D eigenvalue weighted by molar-refractivity contribution is 5.99. The molecule has 0 spiro atoms. The number of carbonyl (C=O) groups is 2. The first-order chi connectivity index (χ1) is 13.9. The van der Waals surface area contributed by atoms with Crippen LogP contribution in [0, 0.1) is 5.92 Å². The van der Waals surface area contributed by atoms with Gasteiger partial charge in [-0.25, -0.2) is 0 Å². The summed E-state index contributed by atoms with van der Waals surface area (Å²) in [6.07, 6.45) is 0.963. The number of hydrogen-bond acceptors (Lipinski definition) is 5. The van der Waals surface area contributed by atoms with E-state index >= 15 is 0 Å². The molecule has 0 unspecified atom stereocenters. The predicted molar refractivity (Wildman–Crippen MR) is 110 cm³/mol. The molecular formula is C22H28N2O5. The second-order valence-corrected chi connectivity index (χ2v) is 6.76. The van der Waals surface area contributed by atoms with E-state index in [0.717, 1.165) is 6.42 Å². The van der Waals surface area contributed by atoms with Gasteiger partial charge in [0.25, 0.3) is 11.8 Å². The van der Waals surface area contributed by atoms with Gasteiger partial charge in [0.15, 0.2) is 11.5 Å². The van der Waals surface area contributed by atoms with Crippen LogP contribution in [0.15, 0.2) is 42.5 Å². The van der Waals surface area contributed by atoms with E-state index in [0.29, 0.717) is 47.5 Å². The monoisotopic (exact) mass is 400 g/mol. The minimum atomic E-state index is -0.465. The molecular weight excluding hydrogens is 372 g/mol. The normalized spacial score (nSPS) is 10.4. The number of hydrazine groups is 1. The molecule has 7 nitrogen and oxygen atoms in total. The van der Waals surface area contributed by atoms with E-state index in [9.17, 15) is 9.59 Å². The quantitative estimate of drug-likeness (QED) is 0.628. The molecule has 0 saturated heterocycles. The summed E-state index contributed by atoms with van der Waals surface area (Å²) in [5, 5.41) is 0. The first-order valence-electron chi connectivity index (χ1n) is 9.59. The van der Waals surface area contributed by atoms with Gasteiger partial charge in [-0.15, -0.1) is 0 Å². The number of ether oxygens (including phenoxy) is 3. The molecule has 156 valence electrons. The van der Waals surface area contributed by atoms with E-state index in [1.165, 1.54) is 7.11 Å². The van der Waals surface area contributed by atoms with E-state index in [1.54, 1.807) is 42.5 Å². The summed E-state index contributed by atoms with van der Waals surface area (Å²) in [4.78, 5) is 24.5. The van der Waals surface area contributed by atoms with Gasteiger partial charge in [0.2, 0.25) is 0 Å². The number of methoxy groups -OCH3 is 1. The van der Waals surface area contributed by atoms with Crippen LogP contribution in [0.1, 0.15) is 47.9 Å². The number of hydrogen-bond donors (Lipinski definition) is 2. The molecule has 0 aliphatic rings. The van der Waals surface area contributed by atoms with Gasteiger partial charge >= 0.3 is 0 Å². The van der Waals surface area contributed by atoms with Crippen molar-refractivity contribution in [2.24, 2.45) is 5.92 Å². The second kappa shape index (κ2) is 10.9. The Hall–Kier alpha value is -3.22. The molecule has 2 aromatic carbocycles. The van der Waals surface area contributed by atoms with E-state index in [1.807, 2.05) is 6.92 Å². The zero-order valence-electron chi connectivity index (χ0n) is 17.3. The molecule has 0 atom stereocenters. The van der Waals surface area contributed by atoms with Crippen LogP contribution in [-0.2, 0) is 0 Å². The molecule has 2 aromatic rings. The van der Waals surface area contributed by atoms with Crippen LogP contribution in [0.3, 0.4) is 0 Å². The van der Waals surface area contributed by atoms with Crippen LogP contribution in [0.4, 0.5) is 0 Å². The third-order valence-corrected chi connectivity index (χ3v) is 4.10. The standard InChI is InChI=1S/C22H28N2O5/c1-5-28-19-11-8-17(14-20(19)27-4)22(26)24-23-21(25)16-6-9-18(10-7-16)29-13-12-15(2)3/h6-11,14-15H,5,12-13H2,1-4H3,(H,23,25)(H,24,26). The highest BCUT2D eigenvalue weighted by atomic mass is 16.5. The fourth-order valence-corrected chi connectivity index (χ4v) is 2.46. The maximum atomic E-state index is 12.3. The van der Waals surface area contributed by atoms with Crippen molar-refractivity contribution in [2.75, 3.05) is 20.3 Å². The van der Waals surface area contributed by atoms with Crippen molar-refractivity contribution in [2.45, 2.75) is 27.2 Å². The molecule has 0 aromatic heterocycles. The van der Waals surface area contributed by atoms with Gasteiger partial charge in [-0.2, -0.15) is 0 Å². The Kier molecular flexibility index (Phi) is 8.33. The number of carbonyl (C=O) groups excluding carboxylic acids is 2. The minimum absolute atomic E-state index is 0.333. The van der Waals surface area contributed by atoms with Gasteiger partial charge in [0.05, 0.1) is 20.3 Å². The van der Waals surface area contributed by atoms with E-state index in [4.69, 9.17) is 14.2 Å². The van der Waals surface area contributed by atoms with Crippen LogP contribution >= 0.6 is 0 Å². The van der Waals surface area contributed by atoms with Crippen molar-refractivity contribution in [1.29, 1.82) is 0 Å². The summed E-state index contributed by atoms with van der Waals surface area (Å²) in [5.41, 5.74) is 5.54. The third kappa shape index (κ3) is 6.71. The fourth-order valence-electron chi connectivity index (χ4n) is 2.46. The van der Waals surface area contributed by atoms with Crippen molar-refractivity contribution in [3.63, 3.8) is 0 Å². The minimum Gasteiger partial charge on any atom is -0.494 e. The Labute approximate surface area is 171 Å². The first-order valence-corrected chi connectivity index (χ1v) is 9.59. The summed E-state index contributed by atoms with van der Waals surface area (Å²) in [5.74, 6) is 1.37. The topological polar surface area (TPSA) is 85.9 Å². The van der Waals surface area contributed by atoms with Crippen molar-refractivity contribution in [3.8, 4) is 17.2 Å². The zero-order valence-corrected chi connectivity index (χ0v) is 17.3. The molecule has 0 saturated carbocycles. The lowest BCUT2D eigenvalue weighted by molar-refractivity contribution is 0.0846. The average Bonchev–Trinajstić information content (AvgIpc) is 2.72. The Balaban J connectivity index is 1.90. The molecule has 2 N–H and O–H groups in total. The molecule has 2 amide bonds. The van der Waals surface area contributed by atoms with Crippen LogP contribution in [0.2, 0.25) is 0 Å². The van der Waals surface area contributed by atoms with Crippen molar-refractivity contribution >= 4 is 11.8 Å². The van der Waals surface area contributed by atoms with Crippen LogP contribution < -0.4 is 25.1 Å². The molecule has 0 bridgehead atoms. The molecule has 0 radical (unpaired) electrons. The van der Waals surface area contributed by atoms with Gasteiger partial charge in [0, 0.05) is 11.1 Å². The number of amides is 2. The Morgan fingerprint density at radius 2 is 1.52 bits per heavy atom. The Morgan fingerprint density at radius 3 is 2.10 bits per heavy atom. The number of benzene rings is 2. The van der Waals surface area contributed by atoms with Crippen molar-refractivity contribution < 1.29 is 23.8 Å². The van der Waals surface area contributed by atoms with Crippen LogP contribution in [0.5, 0.6) is 17.2 Å². The maximum Gasteiger partial charge on any atom is 0.269 e. The van der Waals surface area contributed by atoms with Gasteiger partial charge in [0.1, 0.15) is 5.75 Å². The highest BCUT2D eigenvalue weighted by Gasteiger charge is 2.13. The van der Waals surface area contributed by atoms with Gasteiger partial charge in [-0.1, -0.05) is 13.8 Å². The summed E-state index contributed by atoms with van der Waals surface area (Å²) in [6, 6.07) is 11.5. The summed E-state index contributed by atoms with van der Waals surface area (Å²) >= 11 is 0. The van der Waals surface area contributed by atoms with Gasteiger partial charge in [-0.05, 0) is 61.7 Å². The molecule has 7 heteroatoms. The van der Waals surface area contributed by atoms with E-state index in [-0.39, 0.29) is 0 Å². The van der Waals surface area contributed by atoms with Gasteiger partial charge in [-0.3, -0.25) is 20.4 Å². The van der Waals surface area contributed by atoms with Gasteiger partial charge < -0.3 is 14.2 Å². The SMILES string of the molecule is CCOc1ccc(C(=O)NNC(=O)c2ccc(OCCC(C)C)cc2)cc1OC. The molecule has 0 heterocycles. The molecule has 2 rings (SSSR count). The van der Waals surface area contributed by atoms with Crippen molar-refractivity contribution in [1.82, 2.24) is 10.9 Å². The molecule has 0 fully saturated rings. The largest absolute Gasteiger partial charge is 0.494 e. The summed E-state index contributed by atoms with van der Waals surface area (Å²) in [6.45, 7) is 7.24. The van der Waals surface area contributed by atoms with Crippen LogP contribution in [0.25, 0.3) is 0 Å². The highest BCUT2D eigenvalue weighted by Crippen LogP contribution is 2.27. The van der Waals surface area contributed by atoms with E-state index in [2.05, 4.69) is 24.7 Å². The first kappa shape index (κ1) is 22.1. The zero-order chi connectivity index (χ0) is 21.2. The number of nitrogens with one attached hydrogen (secondary N) is 2. The lowest BCUT2D eigenvalue weighted by atomic mass is 10.1. The lowest BCUT2D eigenvalue weighted by Gasteiger charge is -2.12. The van der Waals surface area contributed by atoms with Crippen LogP contribution in [-0.4, -0.2) is 32.1 Å². The maximum absolute atomic E-state index is 12.3. The lowest BCUT2D eigenvalue weighted by Crippen LogP contribution is -2.41.